The van der Waals surface area contributed by atoms with E-state index in [-0.39, 0.29) is 0 Å². The standard InChI is InChI=1S/C14H24N2O3/c1-3-6-15-14-12-13(5-7-16-14)19-11-10-18-9-4-8-17-2/h5,7,12H,3-4,6,8-11H2,1-2H3,(H,15,16). The quantitative estimate of drug-likeness (QED) is 0.624. The van der Waals surface area contributed by atoms with Gasteiger partial charge in [0.1, 0.15) is 18.2 Å². The van der Waals surface area contributed by atoms with E-state index in [4.69, 9.17) is 14.2 Å². The molecule has 5 nitrogen and oxygen atoms in total. The molecule has 0 bridgehead atoms. The third-order valence-corrected chi connectivity index (χ3v) is 2.42. The predicted octanol–water partition coefficient (Wildman–Crippen LogP) is 2.34. The van der Waals surface area contributed by atoms with Crippen molar-refractivity contribution >= 4 is 5.82 Å². The minimum absolute atomic E-state index is 0.546. The molecular weight excluding hydrogens is 244 g/mol. The molecule has 1 aromatic rings. The third-order valence-electron chi connectivity index (χ3n) is 2.42. The van der Waals surface area contributed by atoms with Gasteiger partial charge < -0.3 is 19.5 Å². The van der Waals surface area contributed by atoms with Crippen LogP contribution in [0.15, 0.2) is 18.3 Å². The number of nitrogens with one attached hydrogen (secondary N) is 1. The molecule has 19 heavy (non-hydrogen) atoms. The van der Waals surface area contributed by atoms with Gasteiger partial charge in [0.15, 0.2) is 0 Å². The maximum atomic E-state index is 5.60. The van der Waals surface area contributed by atoms with Crippen molar-refractivity contribution in [2.24, 2.45) is 0 Å². The van der Waals surface area contributed by atoms with E-state index in [9.17, 15) is 0 Å². The number of aromatic nitrogens is 1. The van der Waals surface area contributed by atoms with Gasteiger partial charge in [-0.05, 0) is 18.9 Å². The molecule has 0 saturated carbocycles. The molecule has 0 radical (unpaired) electrons. The highest BCUT2D eigenvalue weighted by molar-refractivity contribution is 5.40. The average Bonchev–Trinajstić information content (AvgIpc) is 2.44. The molecule has 0 atom stereocenters. The molecule has 0 aliphatic carbocycles. The Hall–Kier alpha value is -1.33. The second-order valence-electron chi connectivity index (χ2n) is 4.11. The van der Waals surface area contributed by atoms with E-state index >= 15 is 0 Å². The van der Waals surface area contributed by atoms with Crippen LogP contribution in [0.1, 0.15) is 19.8 Å². The molecule has 1 rings (SSSR count). The molecule has 0 saturated heterocycles. The van der Waals surface area contributed by atoms with Gasteiger partial charge in [-0.25, -0.2) is 4.98 Å². The molecular formula is C14H24N2O3. The van der Waals surface area contributed by atoms with Gasteiger partial charge in [0.25, 0.3) is 0 Å². The van der Waals surface area contributed by atoms with Gasteiger partial charge >= 0.3 is 0 Å². The monoisotopic (exact) mass is 268 g/mol. The summed E-state index contributed by atoms with van der Waals surface area (Å²) in [6.45, 7) is 5.61. The highest BCUT2D eigenvalue weighted by Crippen LogP contribution is 2.14. The molecule has 1 heterocycles. The number of methoxy groups -OCH3 is 1. The Morgan fingerprint density at radius 2 is 2.11 bits per heavy atom. The van der Waals surface area contributed by atoms with E-state index in [0.717, 1.165) is 37.6 Å². The fourth-order valence-electron chi connectivity index (χ4n) is 1.48. The number of ether oxygens (including phenoxy) is 3. The van der Waals surface area contributed by atoms with Crippen LogP contribution in [0.5, 0.6) is 5.75 Å². The van der Waals surface area contributed by atoms with Crippen LogP contribution in [0.2, 0.25) is 0 Å². The van der Waals surface area contributed by atoms with Crippen molar-refractivity contribution in [2.75, 3.05) is 45.4 Å². The van der Waals surface area contributed by atoms with Crippen molar-refractivity contribution < 1.29 is 14.2 Å². The van der Waals surface area contributed by atoms with E-state index in [2.05, 4.69) is 17.2 Å². The Balaban J connectivity index is 2.14. The summed E-state index contributed by atoms with van der Waals surface area (Å²) < 4.78 is 16.0. The van der Waals surface area contributed by atoms with Crippen molar-refractivity contribution in [1.29, 1.82) is 0 Å². The maximum absolute atomic E-state index is 5.60. The van der Waals surface area contributed by atoms with E-state index < -0.39 is 0 Å². The number of rotatable bonds is 11. The summed E-state index contributed by atoms with van der Waals surface area (Å²) in [6.07, 6.45) is 3.73. The summed E-state index contributed by atoms with van der Waals surface area (Å²) in [5.41, 5.74) is 0. The minimum atomic E-state index is 0.546. The van der Waals surface area contributed by atoms with Crippen molar-refractivity contribution in [1.82, 2.24) is 4.98 Å². The summed E-state index contributed by atoms with van der Waals surface area (Å²) in [6, 6.07) is 3.75. The lowest BCUT2D eigenvalue weighted by molar-refractivity contribution is 0.0806. The van der Waals surface area contributed by atoms with Gasteiger partial charge in [0.2, 0.25) is 0 Å². The Morgan fingerprint density at radius 3 is 2.89 bits per heavy atom. The molecule has 0 aliphatic rings. The molecule has 1 aromatic heterocycles. The van der Waals surface area contributed by atoms with Gasteiger partial charge in [-0.3, -0.25) is 0 Å². The topological polar surface area (TPSA) is 52.6 Å². The lowest BCUT2D eigenvalue weighted by Gasteiger charge is -2.09. The van der Waals surface area contributed by atoms with E-state index in [1.165, 1.54) is 0 Å². The molecule has 108 valence electrons. The average molecular weight is 268 g/mol. The Bertz CT molecular complexity index is 334. The molecule has 0 aliphatic heterocycles. The van der Waals surface area contributed by atoms with Crippen LogP contribution in [0, 0.1) is 0 Å². The van der Waals surface area contributed by atoms with Crippen LogP contribution < -0.4 is 10.1 Å². The van der Waals surface area contributed by atoms with Gasteiger partial charge in [0.05, 0.1) is 6.61 Å². The molecule has 1 N–H and O–H groups in total. The summed E-state index contributed by atoms with van der Waals surface area (Å²) >= 11 is 0. The zero-order chi connectivity index (χ0) is 13.8. The fraction of sp³-hybridized carbons (Fsp3) is 0.643. The third kappa shape index (κ3) is 7.64. The zero-order valence-corrected chi connectivity index (χ0v) is 11.9. The highest BCUT2D eigenvalue weighted by Gasteiger charge is 1.97. The molecule has 0 spiro atoms. The van der Waals surface area contributed by atoms with E-state index in [1.807, 2.05) is 12.1 Å². The van der Waals surface area contributed by atoms with Crippen LogP contribution in [-0.4, -0.2) is 45.1 Å². The summed E-state index contributed by atoms with van der Waals surface area (Å²) in [5.74, 6) is 1.66. The first-order valence-electron chi connectivity index (χ1n) is 6.76. The summed E-state index contributed by atoms with van der Waals surface area (Å²) in [5, 5.41) is 3.22. The molecule has 5 heteroatoms. The second kappa shape index (κ2) is 10.6. The van der Waals surface area contributed by atoms with Crippen molar-refractivity contribution in [3.8, 4) is 5.75 Å². The van der Waals surface area contributed by atoms with Gasteiger partial charge in [-0.1, -0.05) is 6.92 Å². The predicted molar refractivity (Wildman–Crippen MR) is 75.8 cm³/mol. The summed E-state index contributed by atoms with van der Waals surface area (Å²) in [7, 11) is 1.69. The van der Waals surface area contributed by atoms with Crippen LogP contribution in [0.4, 0.5) is 5.82 Å². The van der Waals surface area contributed by atoms with Crippen molar-refractivity contribution in [3.05, 3.63) is 18.3 Å². The first-order valence-corrected chi connectivity index (χ1v) is 6.76. The molecule has 0 fully saturated rings. The van der Waals surface area contributed by atoms with Crippen LogP contribution >= 0.6 is 0 Å². The second-order valence-corrected chi connectivity index (χ2v) is 4.11. The Morgan fingerprint density at radius 1 is 1.21 bits per heavy atom. The largest absolute Gasteiger partial charge is 0.491 e. The molecule has 0 aromatic carbocycles. The first-order chi connectivity index (χ1) is 9.36. The molecule has 0 amide bonds. The number of hydrogen-bond donors (Lipinski definition) is 1. The van der Waals surface area contributed by atoms with E-state index in [1.54, 1.807) is 13.3 Å². The molecule has 0 unspecified atom stereocenters. The van der Waals surface area contributed by atoms with Gasteiger partial charge in [0, 0.05) is 39.1 Å². The summed E-state index contributed by atoms with van der Waals surface area (Å²) in [4.78, 5) is 4.22. The maximum Gasteiger partial charge on any atom is 0.129 e. The van der Waals surface area contributed by atoms with Crippen LogP contribution in [0.3, 0.4) is 0 Å². The van der Waals surface area contributed by atoms with E-state index in [0.29, 0.717) is 19.8 Å². The zero-order valence-electron chi connectivity index (χ0n) is 11.9. The Labute approximate surface area is 115 Å². The van der Waals surface area contributed by atoms with Crippen LogP contribution in [-0.2, 0) is 9.47 Å². The Kier molecular flexibility index (Phi) is 8.76. The minimum Gasteiger partial charge on any atom is -0.491 e. The SMILES string of the molecule is CCCNc1cc(OCCOCCCOC)ccn1. The first kappa shape index (κ1) is 15.7. The number of anilines is 1. The normalized spacial score (nSPS) is 10.4. The van der Waals surface area contributed by atoms with Gasteiger partial charge in [-0.15, -0.1) is 0 Å². The van der Waals surface area contributed by atoms with Crippen molar-refractivity contribution in [2.45, 2.75) is 19.8 Å². The highest BCUT2D eigenvalue weighted by atomic mass is 16.5. The number of hydrogen-bond acceptors (Lipinski definition) is 5. The fourth-order valence-corrected chi connectivity index (χ4v) is 1.48. The van der Waals surface area contributed by atoms with Gasteiger partial charge in [-0.2, -0.15) is 0 Å². The smallest absolute Gasteiger partial charge is 0.129 e. The number of pyridine rings is 1. The lowest BCUT2D eigenvalue weighted by atomic mass is 10.4. The number of nitrogens with zero attached hydrogens (tertiary/aromatic N) is 1. The van der Waals surface area contributed by atoms with Crippen molar-refractivity contribution in [3.63, 3.8) is 0 Å². The lowest BCUT2D eigenvalue weighted by Crippen LogP contribution is -2.09. The van der Waals surface area contributed by atoms with Crippen LogP contribution in [0.25, 0.3) is 0 Å².